The number of hydrogen-bond acceptors (Lipinski definition) is 6. The lowest BCUT2D eigenvalue weighted by Crippen LogP contribution is -2.09. The molecule has 0 unspecified atom stereocenters. The number of esters is 1. The molecule has 0 fully saturated rings. The molecule has 1 heterocycles. The lowest BCUT2D eigenvalue weighted by Gasteiger charge is -2.07. The Kier molecular flexibility index (Phi) is 6.53. The number of nitrogens with one attached hydrogen (secondary N) is 2. The van der Waals surface area contributed by atoms with Gasteiger partial charge in [-0.2, -0.15) is 0 Å². The van der Waals surface area contributed by atoms with Gasteiger partial charge in [-0.05, 0) is 20.3 Å². The van der Waals surface area contributed by atoms with E-state index in [9.17, 15) is 4.79 Å². The van der Waals surface area contributed by atoms with Gasteiger partial charge in [0.2, 0.25) is 0 Å². The summed E-state index contributed by atoms with van der Waals surface area (Å²) in [6.07, 6.45) is 2.65. The van der Waals surface area contributed by atoms with E-state index in [4.69, 9.17) is 4.74 Å². The Bertz CT molecular complexity index is 371. The molecular formula is C12H20N4O2. The minimum Gasteiger partial charge on any atom is -0.466 e. The maximum Gasteiger partial charge on any atom is 0.305 e. The Morgan fingerprint density at radius 1 is 1.28 bits per heavy atom. The van der Waals surface area contributed by atoms with Crippen LogP contribution in [-0.4, -0.2) is 35.6 Å². The number of rotatable bonds is 8. The zero-order valence-corrected chi connectivity index (χ0v) is 10.9. The van der Waals surface area contributed by atoms with Gasteiger partial charge in [0.25, 0.3) is 0 Å². The van der Waals surface area contributed by atoms with E-state index in [-0.39, 0.29) is 5.97 Å². The van der Waals surface area contributed by atoms with Crippen LogP contribution in [0.1, 0.15) is 26.7 Å². The molecule has 0 spiro atoms. The number of carbonyl (C=O) groups is 1. The Labute approximate surface area is 107 Å². The summed E-state index contributed by atoms with van der Waals surface area (Å²) in [6, 6.07) is 1.84. The van der Waals surface area contributed by atoms with E-state index in [0.29, 0.717) is 19.6 Å². The van der Waals surface area contributed by atoms with Crippen LogP contribution in [0.4, 0.5) is 11.6 Å². The predicted molar refractivity (Wildman–Crippen MR) is 70.6 cm³/mol. The van der Waals surface area contributed by atoms with E-state index in [2.05, 4.69) is 20.6 Å². The second-order valence-electron chi connectivity index (χ2n) is 3.65. The predicted octanol–water partition coefficient (Wildman–Crippen LogP) is 1.66. The van der Waals surface area contributed by atoms with Crippen molar-refractivity contribution < 1.29 is 9.53 Å². The lowest BCUT2D eigenvalue weighted by atomic mass is 10.3. The van der Waals surface area contributed by atoms with Crippen LogP contribution in [0.5, 0.6) is 0 Å². The lowest BCUT2D eigenvalue weighted by molar-refractivity contribution is -0.143. The molecule has 0 radical (unpaired) electrons. The van der Waals surface area contributed by atoms with Crippen LogP contribution in [-0.2, 0) is 9.53 Å². The first-order valence-electron chi connectivity index (χ1n) is 6.21. The zero-order valence-electron chi connectivity index (χ0n) is 10.9. The van der Waals surface area contributed by atoms with Gasteiger partial charge in [-0.1, -0.05) is 0 Å². The molecular weight excluding hydrogens is 232 g/mol. The highest BCUT2D eigenvalue weighted by atomic mass is 16.5. The molecule has 1 aromatic heterocycles. The van der Waals surface area contributed by atoms with E-state index < -0.39 is 0 Å². The number of hydrogen-bond donors (Lipinski definition) is 2. The molecule has 0 saturated carbocycles. The molecule has 6 heteroatoms. The van der Waals surface area contributed by atoms with Crippen LogP contribution in [0.3, 0.4) is 0 Å². The van der Waals surface area contributed by atoms with Crippen LogP contribution in [0.15, 0.2) is 12.4 Å². The first-order valence-corrected chi connectivity index (χ1v) is 6.21. The third kappa shape index (κ3) is 5.47. The van der Waals surface area contributed by atoms with Crippen molar-refractivity contribution >= 4 is 17.6 Å². The van der Waals surface area contributed by atoms with Crippen molar-refractivity contribution in [3.8, 4) is 0 Å². The number of aromatic nitrogens is 2. The maximum absolute atomic E-state index is 11.1. The molecule has 0 amide bonds. The van der Waals surface area contributed by atoms with Gasteiger partial charge in [-0.15, -0.1) is 0 Å². The average Bonchev–Trinajstić information content (AvgIpc) is 2.36. The second-order valence-corrected chi connectivity index (χ2v) is 3.65. The Hall–Kier alpha value is -1.85. The average molecular weight is 252 g/mol. The van der Waals surface area contributed by atoms with E-state index >= 15 is 0 Å². The Morgan fingerprint density at radius 2 is 2.00 bits per heavy atom. The highest BCUT2D eigenvalue weighted by Crippen LogP contribution is 2.08. The molecule has 0 bridgehead atoms. The SMILES string of the molecule is CCNc1cc(NCCCC(=O)OCC)ncn1. The number of nitrogens with zero attached hydrogens (tertiary/aromatic N) is 2. The largest absolute Gasteiger partial charge is 0.466 e. The zero-order chi connectivity index (χ0) is 13.2. The van der Waals surface area contributed by atoms with Crippen LogP contribution in [0.25, 0.3) is 0 Å². The van der Waals surface area contributed by atoms with Gasteiger partial charge in [-0.25, -0.2) is 9.97 Å². The molecule has 1 aromatic rings. The molecule has 0 atom stereocenters. The highest BCUT2D eigenvalue weighted by molar-refractivity contribution is 5.69. The number of anilines is 2. The highest BCUT2D eigenvalue weighted by Gasteiger charge is 2.01. The molecule has 0 saturated heterocycles. The third-order valence-electron chi connectivity index (χ3n) is 2.19. The van der Waals surface area contributed by atoms with Gasteiger partial charge >= 0.3 is 5.97 Å². The van der Waals surface area contributed by atoms with Gasteiger partial charge in [0, 0.05) is 25.6 Å². The van der Waals surface area contributed by atoms with E-state index in [1.807, 2.05) is 13.0 Å². The molecule has 0 aliphatic rings. The molecule has 0 aliphatic carbocycles. The fraction of sp³-hybridized carbons (Fsp3) is 0.583. The summed E-state index contributed by atoms with van der Waals surface area (Å²) in [5, 5.41) is 6.25. The first kappa shape index (κ1) is 14.2. The normalized spacial score (nSPS) is 9.89. The third-order valence-corrected chi connectivity index (χ3v) is 2.19. The van der Waals surface area contributed by atoms with Gasteiger partial charge in [-0.3, -0.25) is 4.79 Å². The van der Waals surface area contributed by atoms with Crippen LogP contribution < -0.4 is 10.6 Å². The van der Waals surface area contributed by atoms with Gasteiger partial charge in [0.15, 0.2) is 0 Å². The summed E-state index contributed by atoms with van der Waals surface area (Å²) < 4.78 is 4.84. The van der Waals surface area contributed by atoms with Crippen LogP contribution in [0, 0.1) is 0 Å². The fourth-order valence-electron chi connectivity index (χ4n) is 1.41. The number of ether oxygens (including phenoxy) is 1. The Balaban J connectivity index is 2.26. The standard InChI is InChI=1S/C12H20N4O2/c1-3-13-10-8-11(16-9-15-10)14-7-5-6-12(17)18-4-2/h8-9H,3-7H2,1-2H3,(H2,13,14,15,16). The summed E-state index contributed by atoms with van der Waals surface area (Å²) in [5.41, 5.74) is 0. The maximum atomic E-state index is 11.1. The van der Waals surface area contributed by atoms with Crippen molar-refractivity contribution in [2.45, 2.75) is 26.7 Å². The van der Waals surface area contributed by atoms with Gasteiger partial charge in [0.05, 0.1) is 6.61 Å². The smallest absolute Gasteiger partial charge is 0.305 e. The molecule has 0 aliphatic heterocycles. The minimum absolute atomic E-state index is 0.157. The van der Waals surface area contributed by atoms with Crippen molar-refractivity contribution in [3.05, 3.63) is 12.4 Å². The molecule has 0 aromatic carbocycles. The quantitative estimate of drug-likeness (QED) is 0.541. The van der Waals surface area contributed by atoms with Crippen molar-refractivity contribution in [2.75, 3.05) is 30.3 Å². The molecule has 100 valence electrons. The fourth-order valence-corrected chi connectivity index (χ4v) is 1.41. The van der Waals surface area contributed by atoms with Crippen molar-refractivity contribution in [1.82, 2.24) is 9.97 Å². The second kappa shape index (κ2) is 8.27. The van der Waals surface area contributed by atoms with Crippen molar-refractivity contribution in [1.29, 1.82) is 0 Å². The van der Waals surface area contributed by atoms with Crippen molar-refractivity contribution in [2.24, 2.45) is 0 Å². The summed E-state index contributed by atoms with van der Waals surface area (Å²) in [7, 11) is 0. The first-order chi connectivity index (χ1) is 8.76. The topological polar surface area (TPSA) is 76.1 Å². The monoisotopic (exact) mass is 252 g/mol. The van der Waals surface area contributed by atoms with Gasteiger partial charge in [0.1, 0.15) is 18.0 Å². The summed E-state index contributed by atoms with van der Waals surface area (Å²) in [6.45, 7) is 5.75. The number of carbonyl (C=O) groups excluding carboxylic acids is 1. The molecule has 18 heavy (non-hydrogen) atoms. The van der Waals surface area contributed by atoms with Crippen molar-refractivity contribution in [3.63, 3.8) is 0 Å². The van der Waals surface area contributed by atoms with Crippen LogP contribution in [0.2, 0.25) is 0 Å². The molecule has 1 rings (SSSR count). The Morgan fingerprint density at radius 3 is 2.67 bits per heavy atom. The van der Waals surface area contributed by atoms with E-state index in [0.717, 1.165) is 24.6 Å². The summed E-state index contributed by atoms with van der Waals surface area (Å²) in [5.74, 6) is 1.39. The van der Waals surface area contributed by atoms with Gasteiger partial charge < -0.3 is 15.4 Å². The van der Waals surface area contributed by atoms with E-state index in [1.54, 1.807) is 6.92 Å². The summed E-state index contributed by atoms with van der Waals surface area (Å²) >= 11 is 0. The minimum atomic E-state index is -0.157. The van der Waals surface area contributed by atoms with E-state index in [1.165, 1.54) is 6.33 Å². The van der Waals surface area contributed by atoms with Crippen LogP contribution >= 0.6 is 0 Å². The molecule has 2 N–H and O–H groups in total. The molecule has 6 nitrogen and oxygen atoms in total. The summed E-state index contributed by atoms with van der Waals surface area (Å²) in [4.78, 5) is 19.3.